The summed E-state index contributed by atoms with van der Waals surface area (Å²) in [6, 6.07) is 6.27. The van der Waals surface area contributed by atoms with Crippen molar-refractivity contribution in [2.45, 2.75) is 24.7 Å². The van der Waals surface area contributed by atoms with E-state index in [2.05, 4.69) is 22.8 Å². The van der Waals surface area contributed by atoms with Crippen LogP contribution in [0.2, 0.25) is 0 Å². The first-order chi connectivity index (χ1) is 13.7. The molecule has 28 heavy (non-hydrogen) atoms. The smallest absolute Gasteiger partial charge is 0.252 e. The Kier molecular flexibility index (Phi) is 5.69. The molecule has 0 aromatic heterocycles. The maximum atomic E-state index is 12.8. The molecule has 1 amide bonds. The normalized spacial score (nSPS) is 23.1. The number of allylic oxidation sites excluding steroid dienone is 1. The fraction of sp³-hybridized carbons (Fsp3) is 0.381. The van der Waals surface area contributed by atoms with Crippen LogP contribution < -0.4 is 20.1 Å². The number of ether oxygens (including phenoxy) is 2. The molecule has 3 aliphatic rings. The second-order valence-corrected chi connectivity index (χ2v) is 8.49. The molecule has 2 unspecified atom stereocenters. The van der Waals surface area contributed by atoms with Crippen molar-refractivity contribution in [2.24, 2.45) is 0 Å². The van der Waals surface area contributed by atoms with Gasteiger partial charge in [-0.1, -0.05) is 20.7 Å². The average Bonchev–Trinajstić information content (AvgIpc) is 2.74. The molecule has 0 radical (unpaired) electrons. The van der Waals surface area contributed by atoms with Gasteiger partial charge in [-0.05, 0) is 55.0 Å². The molecule has 0 bridgehead atoms. The molecule has 4 rings (SSSR count). The highest BCUT2D eigenvalue weighted by Gasteiger charge is 2.29. The molecule has 1 saturated heterocycles. The van der Waals surface area contributed by atoms with Crippen LogP contribution in [0.15, 0.2) is 48.3 Å². The van der Waals surface area contributed by atoms with Gasteiger partial charge in [-0.2, -0.15) is 0 Å². The van der Waals surface area contributed by atoms with Crippen LogP contribution in [0.3, 0.4) is 0 Å². The fourth-order valence-corrected chi connectivity index (χ4v) is 5.12. The first-order valence-corrected chi connectivity index (χ1v) is 10.7. The van der Waals surface area contributed by atoms with Gasteiger partial charge < -0.3 is 25.0 Å². The Hall–Kier alpha value is -2.30. The monoisotopic (exact) mass is 399 g/mol. The summed E-state index contributed by atoms with van der Waals surface area (Å²) < 4.78 is 10.7. The Labute approximate surface area is 167 Å². The third kappa shape index (κ3) is 3.94. The number of carbonyl (C=O) groups is 1. The lowest BCUT2D eigenvalue weighted by molar-refractivity contribution is -0.123. The van der Waals surface area contributed by atoms with Crippen molar-refractivity contribution in [1.82, 2.24) is 15.5 Å². The summed E-state index contributed by atoms with van der Waals surface area (Å²) in [7, 11) is 3.72. The summed E-state index contributed by atoms with van der Waals surface area (Å²) in [5.74, 6) is 1.45. The molecule has 1 aromatic rings. The van der Waals surface area contributed by atoms with E-state index >= 15 is 0 Å². The zero-order valence-electron chi connectivity index (χ0n) is 16.2. The summed E-state index contributed by atoms with van der Waals surface area (Å²) in [4.78, 5) is 14.6. The van der Waals surface area contributed by atoms with E-state index in [4.69, 9.17) is 9.47 Å². The van der Waals surface area contributed by atoms with Crippen molar-refractivity contribution >= 4 is 19.8 Å². The number of amides is 1. The lowest BCUT2D eigenvalue weighted by atomic mass is 10.1. The Balaban J connectivity index is 1.52. The second kappa shape index (κ2) is 8.38. The Morgan fingerprint density at radius 2 is 1.96 bits per heavy atom. The van der Waals surface area contributed by atoms with E-state index in [1.165, 1.54) is 0 Å². The quantitative estimate of drug-likeness (QED) is 0.746. The van der Waals surface area contributed by atoms with Crippen molar-refractivity contribution in [3.05, 3.63) is 53.9 Å². The molecule has 7 heteroatoms. The van der Waals surface area contributed by atoms with Gasteiger partial charge in [-0.3, -0.25) is 4.79 Å². The molecule has 1 fully saturated rings. The highest BCUT2D eigenvalue weighted by Crippen LogP contribution is 2.45. The molecular formula is C21H26N3O3P. The van der Waals surface area contributed by atoms with Gasteiger partial charge in [-0.25, -0.2) is 0 Å². The van der Waals surface area contributed by atoms with Gasteiger partial charge in [-0.15, -0.1) is 0 Å². The van der Waals surface area contributed by atoms with Gasteiger partial charge in [0.1, 0.15) is 0 Å². The summed E-state index contributed by atoms with van der Waals surface area (Å²) in [5.41, 5.74) is 2.02. The third-order valence-corrected chi connectivity index (χ3v) is 6.78. The van der Waals surface area contributed by atoms with E-state index in [0.717, 1.165) is 42.5 Å². The molecule has 2 N–H and O–H groups in total. The second-order valence-electron chi connectivity index (χ2n) is 7.07. The van der Waals surface area contributed by atoms with Crippen LogP contribution in [0.1, 0.15) is 18.4 Å². The molecular weight excluding hydrogens is 373 g/mol. The van der Waals surface area contributed by atoms with Crippen molar-refractivity contribution in [3.63, 3.8) is 0 Å². The Morgan fingerprint density at radius 3 is 2.71 bits per heavy atom. The van der Waals surface area contributed by atoms with Gasteiger partial charge in [0.05, 0.1) is 25.7 Å². The molecule has 6 nitrogen and oxygen atoms in total. The lowest BCUT2D eigenvalue weighted by Crippen LogP contribution is -2.42. The van der Waals surface area contributed by atoms with Gasteiger partial charge in [0.25, 0.3) is 5.91 Å². The van der Waals surface area contributed by atoms with Gasteiger partial charge in [0.2, 0.25) is 0 Å². The number of rotatable bonds is 5. The van der Waals surface area contributed by atoms with E-state index in [0.29, 0.717) is 26.1 Å². The first-order valence-electron chi connectivity index (χ1n) is 9.58. The number of hydrogen-bond donors (Lipinski definition) is 2. The van der Waals surface area contributed by atoms with Crippen molar-refractivity contribution in [2.75, 3.05) is 27.3 Å². The van der Waals surface area contributed by atoms with Gasteiger partial charge in [0, 0.05) is 18.3 Å². The number of fused-ring (bicyclic) bond motifs is 1. The van der Waals surface area contributed by atoms with E-state index in [-0.39, 0.29) is 11.7 Å². The first kappa shape index (κ1) is 19.0. The number of benzene rings is 1. The maximum absolute atomic E-state index is 12.8. The number of methoxy groups -OCH3 is 2. The summed E-state index contributed by atoms with van der Waals surface area (Å²) >= 11 is 0. The minimum Gasteiger partial charge on any atom is -0.493 e. The molecule has 1 aromatic carbocycles. The van der Waals surface area contributed by atoms with Crippen molar-refractivity contribution in [1.29, 1.82) is 0 Å². The highest BCUT2D eigenvalue weighted by molar-refractivity contribution is 7.51. The van der Waals surface area contributed by atoms with E-state index in [1.54, 1.807) is 20.3 Å². The highest BCUT2D eigenvalue weighted by atomic mass is 31.1. The minimum absolute atomic E-state index is 0.0162. The van der Waals surface area contributed by atoms with Crippen LogP contribution in [0, 0.1) is 0 Å². The minimum atomic E-state index is 0.0162. The number of nitrogens with zero attached hydrogens (tertiary/aromatic N) is 1. The predicted octanol–water partition coefficient (Wildman–Crippen LogP) is 2.64. The average molecular weight is 399 g/mol. The van der Waals surface area contributed by atoms with E-state index < -0.39 is 0 Å². The van der Waals surface area contributed by atoms with Crippen LogP contribution in [-0.4, -0.2) is 49.9 Å². The zero-order valence-corrected chi connectivity index (χ0v) is 17.2. The van der Waals surface area contributed by atoms with Crippen molar-refractivity contribution < 1.29 is 14.3 Å². The predicted molar refractivity (Wildman–Crippen MR) is 113 cm³/mol. The number of carbonyl (C=O) groups excluding carboxylic acids is 1. The summed E-state index contributed by atoms with van der Waals surface area (Å²) in [6.07, 6.45) is 10.2. The number of hydrogen-bond acceptors (Lipinski definition) is 5. The lowest BCUT2D eigenvalue weighted by Gasteiger charge is -2.35. The van der Waals surface area contributed by atoms with E-state index in [1.807, 2.05) is 29.3 Å². The number of nitrogens with one attached hydrogen (secondary N) is 2. The summed E-state index contributed by atoms with van der Waals surface area (Å²) in [6.45, 7) is 2.08. The summed E-state index contributed by atoms with van der Waals surface area (Å²) in [5, 5.41) is 7.99. The van der Waals surface area contributed by atoms with Gasteiger partial charge in [0.15, 0.2) is 11.5 Å². The largest absolute Gasteiger partial charge is 0.493 e. The molecule has 3 heterocycles. The SMILES string of the molecule is COc1ccc(C2=CC(=O)N3C=C(NC4CCNCC4)C=CC3P2)cc1OC. The molecule has 2 atom stereocenters. The van der Waals surface area contributed by atoms with Crippen LogP contribution in [0.25, 0.3) is 5.31 Å². The zero-order chi connectivity index (χ0) is 19.5. The van der Waals surface area contributed by atoms with Crippen LogP contribution >= 0.6 is 8.58 Å². The van der Waals surface area contributed by atoms with Crippen LogP contribution in [0.4, 0.5) is 0 Å². The van der Waals surface area contributed by atoms with Gasteiger partial charge >= 0.3 is 0 Å². The maximum Gasteiger partial charge on any atom is 0.252 e. The van der Waals surface area contributed by atoms with Crippen molar-refractivity contribution in [3.8, 4) is 11.5 Å². The molecule has 0 aliphatic carbocycles. The topological polar surface area (TPSA) is 62.8 Å². The third-order valence-electron chi connectivity index (χ3n) is 5.27. The Bertz CT molecular complexity index is 843. The standard InChI is InChI=1S/C21H26N3O3P/c1-26-17-5-3-14(11-18(17)27-2)19-12-20(25)24-13-16(4-6-21(24)28-19)23-15-7-9-22-10-8-15/h3-6,11-13,15,21-23,28H,7-10H2,1-2H3. The number of piperidine rings is 1. The van der Waals surface area contributed by atoms with E-state index in [9.17, 15) is 4.79 Å². The van der Waals surface area contributed by atoms with Crippen LogP contribution in [-0.2, 0) is 4.79 Å². The molecule has 0 spiro atoms. The molecule has 3 aliphatic heterocycles. The Morgan fingerprint density at radius 1 is 1.18 bits per heavy atom. The molecule has 148 valence electrons. The fourth-order valence-electron chi connectivity index (χ4n) is 3.74. The molecule has 0 saturated carbocycles. The van der Waals surface area contributed by atoms with Crippen LogP contribution in [0.5, 0.6) is 11.5 Å².